The Morgan fingerprint density at radius 1 is 0.867 bits per heavy atom. The zero-order valence-corrected chi connectivity index (χ0v) is 16.8. The van der Waals surface area contributed by atoms with Crippen LogP contribution in [0.4, 0.5) is 0 Å². The van der Waals surface area contributed by atoms with E-state index < -0.39 is 0 Å². The van der Waals surface area contributed by atoms with Crippen molar-refractivity contribution in [2.75, 3.05) is 0 Å². The first-order valence-electron chi connectivity index (χ1n) is 9.94. The third-order valence-corrected chi connectivity index (χ3v) is 5.05. The van der Waals surface area contributed by atoms with E-state index in [1.807, 2.05) is 79.7 Å². The number of amides is 1. The summed E-state index contributed by atoms with van der Waals surface area (Å²) in [4.78, 5) is 34.7. The number of fused-ring (bicyclic) bond motifs is 1. The maximum atomic E-state index is 13.2. The molecule has 150 valence electrons. The number of carbonyl (C=O) groups is 1. The zero-order valence-electron chi connectivity index (χ0n) is 16.8. The lowest BCUT2D eigenvalue weighted by Gasteiger charge is -2.23. The second-order valence-electron chi connectivity index (χ2n) is 7.43. The molecule has 1 heterocycles. The average Bonchev–Trinajstić information content (AvgIpc) is 2.76. The lowest BCUT2D eigenvalue weighted by atomic mass is 10.1. The summed E-state index contributed by atoms with van der Waals surface area (Å²) in [5, 5.41) is 0.543. The van der Waals surface area contributed by atoms with E-state index in [9.17, 15) is 9.59 Å². The third kappa shape index (κ3) is 4.63. The first kappa shape index (κ1) is 19.6. The summed E-state index contributed by atoms with van der Waals surface area (Å²) in [6, 6.07) is 25.0. The molecule has 0 fully saturated rings. The molecule has 5 heteroatoms. The summed E-state index contributed by atoms with van der Waals surface area (Å²) >= 11 is 0. The van der Waals surface area contributed by atoms with Crippen LogP contribution >= 0.6 is 0 Å². The quantitative estimate of drug-likeness (QED) is 0.535. The maximum absolute atomic E-state index is 13.2. The van der Waals surface area contributed by atoms with Crippen LogP contribution in [0.1, 0.15) is 22.5 Å². The van der Waals surface area contributed by atoms with Gasteiger partial charge in [0.15, 0.2) is 0 Å². The predicted molar refractivity (Wildman–Crippen MR) is 118 cm³/mol. The number of benzene rings is 3. The van der Waals surface area contributed by atoms with Crippen molar-refractivity contribution < 1.29 is 4.79 Å². The average molecular weight is 397 g/mol. The first-order chi connectivity index (χ1) is 14.6. The molecule has 1 aromatic heterocycles. The van der Waals surface area contributed by atoms with Crippen LogP contribution in [0.5, 0.6) is 0 Å². The number of aryl methyl sites for hydroxylation is 1. The number of H-pyrrole nitrogens is 1. The number of rotatable bonds is 6. The van der Waals surface area contributed by atoms with Crippen molar-refractivity contribution in [1.82, 2.24) is 14.9 Å². The molecule has 4 rings (SSSR count). The Hall–Kier alpha value is -3.73. The first-order valence-corrected chi connectivity index (χ1v) is 9.94. The van der Waals surface area contributed by atoms with Crippen LogP contribution in [0.25, 0.3) is 10.9 Å². The largest absolute Gasteiger partial charge is 0.331 e. The van der Waals surface area contributed by atoms with Crippen molar-refractivity contribution >= 4 is 16.8 Å². The Labute approximate surface area is 175 Å². The Morgan fingerprint density at radius 2 is 1.57 bits per heavy atom. The van der Waals surface area contributed by atoms with Crippen LogP contribution < -0.4 is 5.56 Å². The van der Waals surface area contributed by atoms with Crippen molar-refractivity contribution in [1.29, 1.82) is 0 Å². The Morgan fingerprint density at radius 3 is 2.33 bits per heavy atom. The molecular weight excluding hydrogens is 374 g/mol. The van der Waals surface area contributed by atoms with Crippen LogP contribution in [0, 0.1) is 6.92 Å². The number of hydrogen-bond acceptors (Lipinski definition) is 3. The summed E-state index contributed by atoms with van der Waals surface area (Å²) < 4.78 is 0. The smallest absolute Gasteiger partial charge is 0.258 e. The molecule has 5 nitrogen and oxygen atoms in total. The summed E-state index contributed by atoms with van der Waals surface area (Å²) in [7, 11) is 0. The molecule has 3 aromatic carbocycles. The summed E-state index contributed by atoms with van der Waals surface area (Å²) in [6.07, 6.45) is 0.297. The van der Waals surface area contributed by atoms with E-state index in [0.717, 1.165) is 16.7 Å². The highest BCUT2D eigenvalue weighted by Gasteiger charge is 2.17. The van der Waals surface area contributed by atoms with E-state index in [1.54, 1.807) is 11.0 Å². The molecule has 1 amide bonds. The third-order valence-electron chi connectivity index (χ3n) is 5.05. The van der Waals surface area contributed by atoms with Gasteiger partial charge < -0.3 is 9.88 Å². The van der Waals surface area contributed by atoms with Gasteiger partial charge in [-0.15, -0.1) is 0 Å². The van der Waals surface area contributed by atoms with E-state index in [4.69, 9.17) is 0 Å². The molecule has 0 aliphatic heterocycles. The predicted octanol–water partition coefficient (Wildman–Crippen LogP) is 4.00. The zero-order chi connectivity index (χ0) is 20.9. The molecule has 0 aliphatic rings. The number of para-hydroxylation sites is 1. The Bertz CT molecular complexity index is 1210. The minimum absolute atomic E-state index is 0.0153. The fraction of sp³-hybridized carbons (Fsp3) is 0.160. The molecule has 4 aromatic rings. The molecule has 0 bridgehead atoms. The molecule has 0 unspecified atom stereocenters. The summed E-state index contributed by atoms with van der Waals surface area (Å²) in [5.41, 5.74) is 3.58. The SMILES string of the molecule is Cc1ccc(CC(=O)N(Cc2ccccc2)Cc2nc3ccccc3c(=O)[nH]2)cc1. The van der Waals surface area contributed by atoms with Gasteiger partial charge in [-0.1, -0.05) is 72.3 Å². The lowest BCUT2D eigenvalue weighted by molar-refractivity contribution is -0.131. The Balaban J connectivity index is 1.62. The lowest BCUT2D eigenvalue weighted by Crippen LogP contribution is -2.33. The number of aromatic nitrogens is 2. The van der Waals surface area contributed by atoms with Crippen LogP contribution in [-0.2, 0) is 24.3 Å². The van der Waals surface area contributed by atoms with E-state index in [-0.39, 0.29) is 18.0 Å². The second-order valence-corrected chi connectivity index (χ2v) is 7.43. The van der Waals surface area contributed by atoms with Crippen molar-refractivity contribution in [2.45, 2.75) is 26.4 Å². The minimum Gasteiger partial charge on any atom is -0.331 e. The highest BCUT2D eigenvalue weighted by Crippen LogP contribution is 2.13. The maximum Gasteiger partial charge on any atom is 0.258 e. The Kier molecular flexibility index (Phi) is 5.70. The number of carbonyl (C=O) groups excluding carboxylic acids is 1. The van der Waals surface area contributed by atoms with E-state index >= 15 is 0 Å². The molecule has 0 spiro atoms. The molecule has 0 saturated carbocycles. The van der Waals surface area contributed by atoms with Gasteiger partial charge in [0.2, 0.25) is 5.91 Å². The van der Waals surface area contributed by atoms with Gasteiger partial charge in [0.05, 0.1) is 23.9 Å². The number of hydrogen-bond donors (Lipinski definition) is 1. The fourth-order valence-corrected chi connectivity index (χ4v) is 3.42. The van der Waals surface area contributed by atoms with Gasteiger partial charge in [-0.05, 0) is 30.2 Å². The van der Waals surface area contributed by atoms with E-state index in [0.29, 0.717) is 29.7 Å². The molecule has 0 saturated heterocycles. The van der Waals surface area contributed by atoms with Gasteiger partial charge in [-0.25, -0.2) is 4.98 Å². The normalized spacial score (nSPS) is 10.8. The standard InChI is InChI=1S/C25H23N3O2/c1-18-11-13-19(14-12-18)15-24(29)28(16-20-7-3-2-4-8-20)17-23-26-22-10-6-5-9-21(22)25(30)27-23/h2-14H,15-17H2,1H3,(H,26,27,30). The topological polar surface area (TPSA) is 66.1 Å². The summed E-state index contributed by atoms with van der Waals surface area (Å²) in [6.45, 7) is 2.71. The minimum atomic E-state index is -0.193. The van der Waals surface area contributed by atoms with Gasteiger partial charge in [-0.2, -0.15) is 0 Å². The van der Waals surface area contributed by atoms with Crippen LogP contribution in [0.15, 0.2) is 83.7 Å². The fourth-order valence-electron chi connectivity index (χ4n) is 3.42. The van der Waals surface area contributed by atoms with Crippen molar-refractivity contribution in [3.8, 4) is 0 Å². The monoisotopic (exact) mass is 397 g/mol. The van der Waals surface area contributed by atoms with Crippen molar-refractivity contribution in [2.24, 2.45) is 0 Å². The number of nitrogens with zero attached hydrogens (tertiary/aromatic N) is 2. The van der Waals surface area contributed by atoms with Gasteiger partial charge in [-0.3, -0.25) is 9.59 Å². The molecule has 30 heavy (non-hydrogen) atoms. The molecule has 0 radical (unpaired) electrons. The highest BCUT2D eigenvalue weighted by atomic mass is 16.2. The van der Waals surface area contributed by atoms with Gasteiger partial charge >= 0.3 is 0 Å². The van der Waals surface area contributed by atoms with Crippen LogP contribution in [0.3, 0.4) is 0 Å². The van der Waals surface area contributed by atoms with Crippen LogP contribution in [-0.4, -0.2) is 20.8 Å². The molecule has 0 aliphatic carbocycles. The second kappa shape index (κ2) is 8.74. The van der Waals surface area contributed by atoms with E-state index in [1.165, 1.54) is 0 Å². The van der Waals surface area contributed by atoms with Crippen LogP contribution in [0.2, 0.25) is 0 Å². The van der Waals surface area contributed by atoms with Crippen molar-refractivity contribution in [3.05, 3.63) is 112 Å². The highest BCUT2D eigenvalue weighted by molar-refractivity contribution is 5.79. The summed E-state index contributed by atoms with van der Waals surface area (Å²) in [5.74, 6) is 0.463. The molecule has 0 atom stereocenters. The van der Waals surface area contributed by atoms with Gasteiger partial charge in [0.25, 0.3) is 5.56 Å². The van der Waals surface area contributed by atoms with Gasteiger partial charge in [0, 0.05) is 6.54 Å². The number of aromatic amines is 1. The van der Waals surface area contributed by atoms with Crippen molar-refractivity contribution in [3.63, 3.8) is 0 Å². The molecule has 1 N–H and O–H groups in total. The molecular formula is C25H23N3O2. The van der Waals surface area contributed by atoms with Gasteiger partial charge in [0.1, 0.15) is 5.82 Å². The van der Waals surface area contributed by atoms with E-state index in [2.05, 4.69) is 9.97 Å². The number of nitrogens with one attached hydrogen (secondary N) is 1.